The fraction of sp³-hybridized carbons (Fsp3) is 0.176. The standard InChI is InChI=1S/C17H15NO6S/c1-23-16(21)11-7-5-10(6-8-11)14(19)13(17(22)24-2)18-15(20)12-4-3-9-25-12/h3-9,13H,1-2H3,(H,18,20). The molecule has 130 valence electrons. The molecule has 2 rings (SSSR count). The maximum Gasteiger partial charge on any atom is 0.337 e. The van der Waals surface area contributed by atoms with Gasteiger partial charge in [0.1, 0.15) is 0 Å². The third kappa shape index (κ3) is 4.30. The second-order valence-electron chi connectivity index (χ2n) is 4.84. The number of methoxy groups -OCH3 is 2. The van der Waals surface area contributed by atoms with Gasteiger partial charge in [0.15, 0.2) is 11.8 Å². The van der Waals surface area contributed by atoms with Gasteiger partial charge in [-0.05, 0) is 23.6 Å². The summed E-state index contributed by atoms with van der Waals surface area (Å²) in [5, 5.41) is 4.08. The fourth-order valence-corrected chi connectivity index (χ4v) is 2.64. The number of thiophene rings is 1. The molecule has 1 amide bonds. The minimum absolute atomic E-state index is 0.148. The third-order valence-electron chi connectivity index (χ3n) is 3.31. The molecule has 1 aromatic heterocycles. The van der Waals surface area contributed by atoms with Crippen LogP contribution in [0, 0.1) is 0 Å². The van der Waals surface area contributed by atoms with Gasteiger partial charge >= 0.3 is 11.9 Å². The lowest BCUT2D eigenvalue weighted by molar-refractivity contribution is -0.141. The van der Waals surface area contributed by atoms with Crippen molar-refractivity contribution < 1.29 is 28.7 Å². The van der Waals surface area contributed by atoms with Gasteiger partial charge in [-0.1, -0.05) is 18.2 Å². The van der Waals surface area contributed by atoms with E-state index in [1.807, 2.05) is 0 Å². The van der Waals surface area contributed by atoms with Gasteiger partial charge in [0.05, 0.1) is 24.7 Å². The van der Waals surface area contributed by atoms with E-state index in [4.69, 9.17) is 0 Å². The zero-order valence-corrected chi connectivity index (χ0v) is 14.3. The van der Waals surface area contributed by atoms with Crippen molar-refractivity contribution in [2.24, 2.45) is 0 Å². The summed E-state index contributed by atoms with van der Waals surface area (Å²) in [5.74, 6) is -2.63. The van der Waals surface area contributed by atoms with Crippen molar-refractivity contribution in [2.75, 3.05) is 14.2 Å². The Morgan fingerprint density at radius 1 is 0.960 bits per heavy atom. The minimum Gasteiger partial charge on any atom is -0.467 e. The van der Waals surface area contributed by atoms with E-state index >= 15 is 0 Å². The lowest BCUT2D eigenvalue weighted by atomic mass is 10.0. The van der Waals surface area contributed by atoms with Crippen LogP contribution in [0.2, 0.25) is 0 Å². The second kappa shape index (κ2) is 8.20. The van der Waals surface area contributed by atoms with Gasteiger partial charge < -0.3 is 14.8 Å². The van der Waals surface area contributed by atoms with Crippen LogP contribution in [0.4, 0.5) is 0 Å². The summed E-state index contributed by atoms with van der Waals surface area (Å²) in [5.41, 5.74) is 0.408. The maximum absolute atomic E-state index is 12.6. The third-order valence-corrected chi connectivity index (χ3v) is 4.18. The number of hydrogen-bond donors (Lipinski definition) is 1. The normalized spacial score (nSPS) is 11.3. The van der Waals surface area contributed by atoms with Crippen molar-refractivity contribution in [3.63, 3.8) is 0 Å². The number of carbonyl (C=O) groups is 4. The van der Waals surface area contributed by atoms with Crippen molar-refractivity contribution >= 4 is 35.0 Å². The predicted molar refractivity (Wildman–Crippen MR) is 89.7 cm³/mol. The van der Waals surface area contributed by atoms with E-state index in [1.165, 1.54) is 42.7 Å². The number of carbonyl (C=O) groups excluding carboxylic acids is 4. The number of esters is 2. The van der Waals surface area contributed by atoms with Crippen LogP contribution in [0.15, 0.2) is 41.8 Å². The lowest BCUT2D eigenvalue weighted by Crippen LogP contribution is -2.47. The van der Waals surface area contributed by atoms with Gasteiger partial charge in [-0.25, -0.2) is 9.59 Å². The van der Waals surface area contributed by atoms with Crippen LogP contribution >= 0.6 is 11.3 Å². The molecule has 8 heteroatoms. The highest BCUT2D eigenvalue weighted by molar-refractivity contribution is 7.12. The largest absolute Gasteiger partial charge is 0.467 e. The molecule has 25 heavy (non-hydrogen) atoms. The van der Waals surface area contributed by atoms with E-state index in [1.54, 1.807) is 17.5 Å². The summed E-state index contributed by atoms with van der Waals surface area (Å²) in [7, 11) is 2.37. The highest BCUT2D eigenvalue weighted by Gasteiger charge is 2.31. The smallest absolute Gasteiger partial charge is 0.337 e. The molecule has 1 atom stereocenters. The monoisotopic (exact) mass is 361 g/mol. The lowest BCUT2D eigenvalue weighted by Gasteiger charge is -2.15. The summed E-state index contributed by atoms with van der Waals surface area (Å²) in [6, 6.07) is 7.32. The highest BCUT2D eigenvalue weighted by Crippen LogP contribution is 2.12. The van der Waals surface area contributed by atoms with E-state index in [0.29, 0.717) is 4.88 Å². The molecule has 1 unspecified atom stereocenters. The van der Waals surface area contributed by atoms with Crippen LogP contribution in [0.3, 0.4) is 0 Å². The molecule has 0 aliphatic rings. The SMILES string of the molecule is COC(=O)c1ccc(C(=O)C(NC(=O)c2cccs2)C(=O)OC)cc1. The van der Waals surface area contributed by atoms with Crippen molar-refractivity contribution in [3.05, 3.63) is 57.8 Å². The fourth-order valence-electron chi connectivity index (χ4n) is 2.01. The number of rotatable bonds is 6. The summed E-state index contributed by atoms with van der Waals surface area (Å²) in [6.45, 7) is 0. The van der Waals surface area contributed by atoms with E-state index in [2.05, 4.69) is 14.8 Å². The molecule has 7 nitrogen and oxygen atoms in total. The van der Waals surface area contributed by atoms with Crippen molar-refractivity contribution in [1.29, 1.82) is 0 Å². The van der Waals surface area contributed by atoms with Gasteiger partial charge in [0.25, 0.3) is 5.91 Å². The molecule has 2 aromatic rings. The highest BCUT2D eigenvalue weighted by atomic mass is 32.1. The zero-order chi connectivity index (χ0) is 18.4. The quantitative estimate of drug-likeness (QED) is 0.478. The van der Waals surface area contributed by atoms with Crippen molar-refractivity contribution in [1.82, 2.24) is 5.32 Å². The molecular weight excluding hydrogens is 346 g/mol. The number of Topliss-reactive ketones (excluding diaryl/α,β-unsaturated/α-hetero) is 1. The zero-order valence-electron chi connectivity index (χ0n) is 13.5. The van der Waals surface area contributed by atoms with Crippen LogP contribution in [-0.4, -0.2) is 43.9 Å². The summed E-state index contributed by atoms with van der Waals surface area (Å²) >= 11 is 1.18. The molecule has 0 aliphatic heterocycles. The molecule has 0 aliphatic carbocycles. The Labute approximate surface area is 147 Å². The van der Waals surface area contributed by atoms with Gasteiger partial charge in [-0.2, -0.15) is 0 Å². The van der Waals surface area contributed by atoms with E-state index in [9.17, 15) is 19.2 Å². The number of ether oxygens (including phenoxy) is 2. The Kier molecular flexibility index (Phi) is 6.02. The summed E-state index contributed by atoms with van der Waals surface area (Å²) in [6.07, 6.45) is 0. The van der Waals surface area contributed by atoms with E-state index < -0.39 is 29.7 Å². The minimum atomic E-state index is -1.48. The number of nitrogens with one attached hydrogen (secondary N) is 1. The Bertz CT molecular complexity index is 782. The van der Waals surface area contributed by atoms with Gasteiger partial charge in [0, 0.05) is 5.56 Å². The van der Waals surface area contributed by atoms with Crippen molar-refractivity contribution in [3.8, 4) is 0 Å². The first-order chi connectivity index (χ1) is 12.0. The van der Waals surface area contributed by atoms with Crippen LogP contribution < -0.4 is 5.32 Å². The average molecular weight is 361 g/mol. The van der Waals surface area contributed by atoms with Crippen molar-refractivity contribution in [2.45, 2.75) is 6.04 Å². The van der Waals surface area contributed by atoms with Gasteiger partial charge in [0.2, 0.25) is 0 Å². The maximum atomic E-state index is 12.6. The number of hydrogen-bond acceptors (Lipinski definition) is 7. The van der Waals surface area contributed by atoms with E-state index in [0.717, 1.165) is 7.11 Å². The molecular formula is C17H15NO6S. The number of amides is 1. The molecule has 1 heterocycles. The molecule has 0 saturated carbocycles. The topological polar surface area (TPSA) is 98.8 Å². The Hall–Kier alpha value is -3.00. The molecule has 0 bridgehead atoms. The van der Waals surface area contributed by atoms with Crippen LogP contribution in [0.1, 0.15) is 30.4 Å². The molecule has 0 radical (unpaired) electrons. The van der Waals surface area contributed by atoms with Gasteiger partial charge in [-0.15, -0.1) is 11.3 Å². The average Bonchev–Trinajstić information content (AvgIpc) is 3.19. The summed E-state index contributed by atoms with van der Waals surface area (Å²) < 4.78 is 9.19. The second-order valence-corrected chi connectivity index (χ2v) is 5.79. The molecule has 1 aromatic carbocycles. The first-order valence-corrected chi connectivity index (χ1v) is 8.00. The van der Waals surface area contributed by atoms with Crippen LogP contribution in [0.5, 0.6) is 0 Å². The molecule has 1 N–H and O–H groups in total. The number of benzene rings is 1. The number of ketones is 1. The molecule has 0 saturated heterocycles. The Balaban J connectivity index is 2.22. The van der Waals surface area contributed by atoms with Crippen LogP contribution in [-0.2, 0) is 14.3 Å². The van der Waals surface area contributed by atoms with Crippen LogP contribution in [0.25, 0.3) is 0 Å². The van der Waals surface area contributed by atoms with Gasteiger partial charge in [-0.3, -0.25) is 9.59 Å². The first-order valence-electron chi connectivity index (χ1n) is 7.12. The Morgan fingerprint density at radius 2 is 1.60 bits per heavy atom. The molecule has 0 spiro atoms. The summed E-state index contributed by atoms with van der Waals surface area (Å²) in [4.78, 5) is 48.4. The van der Waals surface area contributed by atoms with E-state index in [-0.39, 0.29) is 11.1 Å². The first kappa shape index (κ1) is 18.3. The predicted octanol–water partition coefficient (Wildman–Crippen LogP) is 1.69. The molecule has 0 fully saturated rings. The Morgan fingerprint density at radius 3 is 2.12 bits per heavy atom.